The highest BCUT2D eigenvalue weighted by Crippen LogP contribution is 2.35. The molecule has 6 rings (SSSR count). The average molecular weight is 658 g/mol. The summed E-state index contributed by atoms with van der Waals surface area (Å²) in [4.78, 5) is 0. The van der Waals surface area contributed by atoms with Crippen molar-refractivity contribution in [1.29, 1.82) is 0 Å². The van der Waals surface area contributed by atoms with E-state index >= 15 is 0 Å². The minimum atomic E-state index is -4.52. The van der Waals surface area contributed by atoms with E-state index in [4.69, 9.17) is 0 Å². The molecule has 0 spiro atoms. The molecular formula is C34H34F3N9S. The van der Waals surface area contributed by atoms with Crippen LogP contribution in [-0.2, 0) is 6.18 Å². The van der Waals surface area contributed by atoms with Gasteiger partial charge in [0, 0.05) is 40.3 Å². The first kappa shape index (κ1) is 31.5. The highest BCUT2D eigenvalue weighted by Gasteiger charge is 2.36. The van der Waals surface area contributed by atoms with Gasteiger partial charge in [-0.2, -0.15) is 13.2 Å². The Kier molecular flexibility index (Phi) is 9.07. The van der Waals surface area contributed by atoms with Crippen molar-refractivity contribution >= 4 is 72.1 Å². The van der Waals surface area contributed by atoms with E-state index in [1.165, 1.54) is 5.01 Å². The van der Waals surface area contributed by atoms with Crippen LogP contribution in [0.4, 0.5) is 52.4 Å². The molecule has 9 nitrogen and oxygen atoms in total. The number of hydrogen-bond donors (Lipinski definition) is 6. The van der Waals surface area contributed by atoms with Crippen LogP contribution in [0.15, 0.2) is 97.1 Å². The Morgan fingerprint density at radius 2 is 1.13 bits per heavy atom. The molecule has 0 saturated carbocycles. The number of halogens is 3. The lowest BCUT2D eigenvalue weighted by atomic mass is 10.1. The molecule has 6 aromatic rings. The summed E-state index contributed by atoms with van der Waals surface area (Å²) in [6.45, 7) is 4.35. The van der Waals surface area contributed by atoms with E-state index < -0.39 is 11.2 Å². The van der Waals surface area contributed by atoms with Gasteiger partial charge in [0.25, 0.3) is 0 Å². The second-order valence-electron chi connectivity index (χ2n) is 11.0. The Morgan fingerprint density at radius 3 is 1.62 bits per heavy atom. The van der Waals surface area contributed by atoms with Gasteiger partial charge in [0.05, 0.1) is 28.4 Å². The van der Waals surface area contributed by atoms with Gasteiger partial charge in [-0.15, -0.1) is 10.2 Å². The van der Waals surface area contributed by atoms with Crippen LogP contribution in [0.3, 0.4) is 0 Å². The van der Waals surface area contributed by atoms with Crippen molar-refractivity contribution in [1.82, 2.24) is 10.2 Å². The summed E-state index contributed by atoms with van der Waals surface area (Å²) in [5, 5.41) is 15.3. The van der Waals surface area contributed by atoms with Crippen LogP contribution in [0.2, 0.25) is 0 Å². The van der Waals surface area contributed by atoms with Crippen molar-refractivity contribution in [3.8, 4) is 0 Å². The van der Waals surface area contributed by atoms with Gasteiger partial charge in [-0.3, -0.25) is 10.4 Å². The maximum Gasteiger partial charge on any atom is 0.445 e. The molecular weight excluding hydrogens is 623 g/mol. The van der Waals surface area contributed by atoms with Gasteiger partial charge in [0.15, 0.2) is 0 Å². The van der Waals surface area contributed by atoms with Crippen molar-refractivity contribution < 1.29 is 13.2 Å². The molecule has 1 heterocycles. The van der Waals surface area contributed by atoms with Gasteiger partial charge in [-0.25, -0.2) is 0 Å². The molecule has 1 unspecified atom stereocenters. The SMILES string of the molecule is CCC(C)Nc1ccc(NNc2ccc(NNc3ccc(NN(C)c4nnc(C(F)(F)F)s4)cc3)c3ccccc23)c2ccccc12. The summed E-state index contributed by atoms with van der Waals surface area (Å²) in [6.07, 6.45) is -3.49. The third kappa shape index (κ3) is 7.20. The number of alkyl halides is 3. The number of rotatable bonds is 12. The minimum Gasteiger partial charge on any atom is -0.382 e. The topological polar surface area (TPSA) is 101 Å². The van der Waals surface area contributed by atoms with E-state index in [2.05, 4.69) is 99.0 Å². The summed E-state index contributed by atoms with van der Waals surface area (Å²) in [6, 6.07) is 32.4. The van der Waals surface area contributed by atoms with Crippen molar-refractivity contribution in [2.45, 2.75) is 32.5 Å². The molecule has 1 atom stereocenters. The lowest BCUT2D eigenvalue weighted by Crippen LogP contribution is -2.24. The van der Waals surface area contributed by atoms with E-state index in [-0.39, 0.29) is 5.13 Å². The first-order valence-corrected chi connectivity index (χ1v) is 15.9. The molecule has 1 aromatic heterocycles. The summed E-state index contributed by atoms with van der Waals surface area (Å²) < 4.78 is 38.6. The summed E-state index contributed by atoms with van der Waals surface area (Å²) in [5.74, 6) is 0. The van der Waals surface area contributed by atoms with E-state index in [9.17, 15) is 13.2 Å². The fourth-order valence-electron chi connectivity index (χ4n) is 5.03. The monoisotopic (exact) mass is 657 g/mol. The molecule has 0 saturated heterocycles. The first-order valence-electron chi connectivity index (χ1n) is 15.0. The molecule has 0 amide bonds. The van der Waals surface area contributed by atoms with Crippen molar-refractivity contribution in [3.05, 3.63) is 102 Å². The van der Waals surface area contributed by atoms with Gasteiger partial charge < -0.3 is 27.0 Å². The first-order chi connectivity index (χ1) is 22.7. The van der Waals surface area contributed by atoms with Crippen LogP contribution >= 0.6 is 11.3 Å². The highest BCUT2D eigenvalue weighted by molar-refractivity contribution is 7.15. The van der Waals surface area contributed by atoms with Crippen LogP contribution in [-0.4, -0.2) is 23.3 Å². The number of benzene rings is 5. The van der Waals surface area contributed by atoms with E-state index in [1.807, 2.05) is 42.5 Å². The van der Waals surface area contributed by atoms with Crippen LogP contribution in [0.25, 0.3) is 21.5 Å². The van der Waals surface area contributed by atoms with Crippen LogP contribution in [0.5, 0.6) is 0 Å². The highest BCUT2D eigenvalue weighted by atomic mass is 32.1. The Labute approximate surface area is 274 Å². The predicted molar refractivity (Wildman–Crippen MR) is 189 cm³/mol. The van der Waals surface area contributed by atoms with E-state index in [0.29, 0.717) is 23.1 Å². The Hall–Kier alpha value is -5.43. The lowest BCUT2D eigenvalue weighted by Gasteiger charge is -2.20. The third-order valence-corrected chi connectivity index (χ3v) is 8.71. The van der Waals surface area contributed by atoms with E-state index in [1.54, 1.807) is 19.2 Å². The predicted octanol–water partition coefficient (Wildman–Crippen LogP) is 9.41. The number of fused-ring (bicyclic) bond motifs is 2. The fourth-order valence-corrected chi connectivity index (χ4v) is 5.66. The van der Waals surface area contributed by atoms with Gasteiger partial charge in [0.2, 0.25) is 10.1 Å². The zero-order valence-corrected chi connectivity index (χ0v) is 26.7. The molecule has 242 valence electrons. The molecule has 0 radical (unpaired) electrons. The smallest absolute Gasteiger partial charge is 0.382 e. The quantitative estimate of drug-likeness (QED) is 0.0719. The van der Waals surface area contributed by atoms with Crippen molar-refractivity contribution in [2.24, 2.45) is 0 Å². The summed E-state index contributed by atoms with van der Waals surface area (Å²) in [5.41, 5.74) is 21.7. The van der Waals surface area contributed by atoms with Crippen molar-refractivity contribution in [3.63, 3.8) is 0 Å². The third-order valence-electron chi connectivity index (χ3n) is 7.66. The molecule has 47 heavy (non-hydrogen) atoms. The second kappa shape index (κ2) is 13.5. The number of nitrogens with zero attached hydrogens (tertiary/aromatic N) is 3. The number of nitrogens with one attached hydrogen (secondary N) is 6. The largest absolute Gasteiger partial charge is 0.445 e. The molecule has 0 bridgehead atoms. The molecule has 6 N–H and O–H groups in total. The molecule has 0 fully saturated rings. The summed E-state index contributed by atoms with van der Waals surface area (Å²) in [7, 11) is 1.58. The van der Waals surface area contributed by atoms with Gasteiger partial charge in [0.1, 0.15) is 0 Å². The Morgan fingerprint density at radius 1 is 0.660 bits per heavy atom. The lowest BCUT2D eigenvalue weighted by molar-refractivity contribution is -0.138. The average Bonchev–Trinajstić information content (AvgIpc) is 3.60. The second-order valence-corrected chi connectivity index (χ2v) is 12.0. The minimum absolute atomic E-state index is 0.0989. The Balaban J connectivity index is 1.12. The molecule has 0 aliphatic carbocycles. The van der Waals surface area contributed by atoms with E-state index in [0.717, 1.165) is 56.4 Å². The molecule has 0 aliphatic rings. The molecule has 5 aromatic carbocycles. The number of hydrazine groups is 3. The normalized spacial score (nSPS) is 12.0. The standard InChI is InChI=1S/C34H34F3N9S/c1-4-21(2)38-28-17-18-30(25-10-6-5-9-24(25)28)41-42-31-20-19-29(26-11-7-8-12-27(26)31)40-39-22-13-15-23(16-14-22)45-46(3)33-44-43-32(47-33)34(35,36)37/h5-21,38-42,45H,4H2,1-3H3. The molecule has 13 heteroatoms. The summed E-state index contributed by atoms with van der Waals surface area (Å²) >= 11 is 0.466. The maximum absolute atomic E-state index is 12.9. The Bertz CT molecular complexity index is 1980. The van der Waals surface area contributed by atoms with Gasteiger partial charge in [-0.1, -0.05) is 66.8 Å². The number of hydrogen-bond acceptors (Lipinski definition) is 10. The zero-order chi connectivity index (χ0) is 33.0. The van der Waals surface area contributed by atoms with Crippen molar-refractivity contribution in [2.75, 3.05) is 44.5 Å². The van der Waals surface area contributed by atoms with Crippen LogP contribution in [0, 0.1) is 0 Å². The zero-order valence-electron chi connectivity index (χ0n) is 25.9. The number of aromatic nitrogens is 2. The maximum atomic E-state index is 12.9. The molecule has 0 aliphatic heterocycles. The number of anilines is 7. The van der Waals surface area contributed by atoms with Crippen LogP contribution in [0.1, 0.15) is 25.3 Å². The van der Waals surface area contributed by atoms with Gasteiger partial charge in [-0.05, 0) is 61.9 Å². The van der Waals surface area contributed by atoms with Gasteiger partial charge >= 0.3 is 6.18 Å². The van der Waals surface area contributed by atoms with Crippen LogP contribution < -0.4 is 37.5 Å². The fraction of sp³-hybridized carbons (Fsp3) is 0.176.